The Balaban J connectivity index is 1.69. The maximum Gasteiger partial charge on any atom is 0.257 e. The van der Waals surface area contributed by atoms with Crippen LogP contribution in [0.15, 0.2) is 17.6 Å². The normalized spacial score (nSPS) is 23.5. The monoisotopic (exact) mass is 376 g/mol. The summed E-state index contributed by atoms with van der Waals surface area (Å²) in [6.45, 7) is 5.28. The molecule has 1 atom stereocenters. The quantitative estimate of drug-likeness (QED) is 0.584. The van der Waals surface area contributed by atoms with Crippen molar-refractivity contribution in [2.45, 2.75) is 50.6 Å². The van der Waals surface area contributed by atoms with Crippen molar-refractivity contribution in [3.05, 3.63) is 18.0 Å². The third kappa shape index (κ3) is 4.19. The molecule has 26 heavy (non-hydrogen) atoms. The van der Waals surface area contributed by atoms with Crippen LogP contribution >= 0.6 is 11.8 Å². The Bertz CT molecular complexity index is 651. The van der Waals surface area contributed by atoms with Crippen molar-refractivity contribution >= 4 is 23.6 Å². The van der Waals surface area contributed by atoms with Crippen molar-refractivity contribution < 1.29 is 9.59 Å². The SMILES string of the molecule is CCCCN1CC2(CCCN(C(=O)c3cnc(SC)nc3)C2)CCC1=O. The largest absolute Gasteiger partial charge is 0.342 e. The van der Waals surface area contributed by atoms with Gasteiger partial charge in [0.1, 0.15) is 0 Å². The third-order valence-corrected chi connectivity index (χ3v) is 6.11. The van der Waals surface area contributed by atoms with Crippen LogP contribution in [0.2, 0.25) is 0 Å². The summed E-state index contributed by atoms with van der Waals surface area (Å²) in [5.41, 5.74) is 0.602. The van der Waals surface area contributed by atoms with Crippen LogP contribution in [0.4, 0.5) is 0 Å². The Morgan fingerprint density at radius 1 is 1.27 bits per heavy atom. The summed E-state index contributed by atoms with van der Waals surface area (Å²) in [4.78, 5) is 37.6. The van der Waals surface area contributed by atoms with Gasteiger partial charge in [-0.2, -0.15) is 0 Å². The van der Waals surface area contributed by atoms with Crippen molar-refractivity contribution in [1.29, 1.82) is 0 Å². The summed E-state index contributed by atoms with van der Waals surface area (Å²) >= 11 is 1.46. The summed E-state index contributed by atoms with van der Waals surface area (Å²) in [7, 11) is 0. The topological polar surface area (TPSA) is 66.4 Å². The number of amides is 2. The van der Waals surface area contributed by atoms with Crippen molar-refractivity contribution in [3.8, 4) is 0 Å². The van der Waals surface area contributed by atoms with Gasteiger partial charge in [-0.1, -0.05) is 25.1 Å². The maximum atomic E-state index is 12.9. The molecule has 2 amide bonds. The highest BCUT2D eigenvalue weighted by Crippen LogP contribution is 2.39. The molecule has 0 N–H and O–H groups in total. The van der Waals surface area contributed by atoms with Crippen molar-refractivity contribution in [1.82, 2.24) is 19.8 Å². The van der Waals surface area contributed by atoms with Gasteiger partial charge in [-0.05, 0) is 31.9 Å². The Hall–Kier alpha value is -1.63. The number of carbonyl (C=O) groups excluding carboxylic acids is 2. The molecule has 6 nitrogen and oxygen atoms in total. The molecular formula is C19H28N4O2S. The smallest absolute Gasteiger partial charge is 0.257 e. The minimum absolute atomic E-state index is 0.00809. The van der Waals surface area contributed by atoms with Gasteiger partial charge in [-0.3, -0.25) is 9.59 Å². The second kappa shape index (κ2) is 8.37. The molecule has 1 aromatic heterocycles. The van der Waals surface area contributed by atoms with Crippen LogP contribution in [-0.4, -0.2) is 64.0 Å². The van der Waals surface area contributed by atoms with Gasteiger partial charge >= 0.3 is 0 Å². The van der Waals surface area contributed by atoms with Gasteiger partial charge in [-0.25, -0.2) is 9.97 Å². The number of likely N-dealkylation sites (tertiary alicyclic amines) is 2. The van der Waals surface area contributed by atoms with E-state index in [-0.39, 0.29) is 17.2 Å². The summed E-state index contributed by atoms with van der Waals surface area (Å²) in [6, 6.07) is 0. The van der Waals surface area contributed by atoms with Gasteiger partial charge in [0.05, 0.1) is 5.56 Å². The molecule has 7 heteroatoms. The van der Waals surface area contributed by atoms with E-state index in [0.717, 1.165) is 58.3 Å². The van der Waals surface area contributed by atoms with E-state index in [0.29, 0.717) is 17.1 Å². The number of nitrogens with zero attached hydrogens (tertiary/aromatic N) is 4. The molecule has 0 bridgehead atoms. The molecule has 0 radical (unpaired) electrons. The molecular weight excluding hydrogens is 348 g/mol. The van der Waals surface area contributed by atoms with Gasteiger partial charge in [0.25, 0.3) is 5.91 Å². The number of hydrogen-bond acceptors (Lipinski definition) is 5. The van der Waals surface area contributed by atoms with E-state index in [1.165, 1.54) is 11.8 Å². The fourth-order valence-corrected chi connectivity index (χ4v) is 4.40. The van der Waals surface area contributed by atoms with Gasteiger partial charge in [-0.15, -0.1) is 0 Å². The Kier molecular flexibility index (Phi) is 6.16. The van der Waals surface area contributed by atoms with Crippen LogP contribution < -0.4 is 0 Å². The molecule has 2 aliphatic heterocycles. The van der Waals surface area contributed by atoms with E-state index in [9.17, 15) is 9.59 Å². The standard InChI is InChI=1S/C19H28N4O2S/c1-3-4-9-22-13-19(8-6-16(22)24)7-5-10-23(14-19)17(25)15-11-20-18(26-2)21-12-15/h11-12H,3-10,13-14H2,1-2H3. The first-order valence-corrected chi connectivity index (χ1v) is 10.7. The zero-order valence-electron chi connectivity index (χ0n) is 15.7. The van der Waals surface area contributed by atoms with Crippen LogP contribution in [0.1, 0.15) is 55.8 Å². The number of thioether (sulfide) groups is 1. The second-order valence-electron chi connectivity index (χ2n) is 7.46. The van der Waals surface area contributed by atoms with Gasteiger partial charge in [0, 0.05) is 50.4 Å². The summed E-state index contributed by atoms with van der Waals surface area (Å²) in [5.74, 6) is 0.280. The lowest BCUT2D eigenvalue weighted by Gasteiger charge is -2.48. The number of piperidine rings is 2. The van der Waals surface area contributed by atoms with Crippen molar-refractivity contribution in [3.63, 3.8) is 0 Å². The van der Waals surface area contributed by atoms with E-state index >= 15 is 0 Å². The van der Waals surface area contributed by atoms with Crippen LogP contribution in [-0.2, 0) is 4.79 Å². The zero-order valence-corrected chi connectivity index (χ0v) is 16.6. The molecule has 0 aromatic carbocycles. The molecule has 142 valence electrons. The van der Waals surface area contributed by atoms with E-state index in [4.69, 9.17) is 0 Å². The van der Waals surface area contributed by atoms with Gasteiger partial charge in [0.15, 0.2) is 5.16 Å². The van der Waals surface area contributed by atoms with E-state index in [1.54, 1.807) is 12.4 Å². The predicted molar refractivity (Wildman–Crippen MR) is 102 cm³/mol. The number of unbranched alkanes of at least 4 members (excludes halogenated alkanes) is 1. The van der Waals surface area contributed by atoms with Crippen LogP contribution in [0, 0.1) is 5.41 Å². The third-order valence-electron chi connectivity index (χ3n) is 5.54. The lowest BCUT2D eigenvalue weighted by atomic mass is 9.73. The zero-order chi connectivity index (χ0) is 18.6. The van der Waals surface area contributed by atoms with Gasteiger partial charge in [0.2, 0.25) is 5.91 Å². The molecule has 1 unspecified atom stereocenters. The summed E-state index contributed by atoms with van der Waals surface area (Å²) in [6.07, 6.45) is 10.9. The van der Waals surface area contributed by atoms with E-state index < -0.39 is 0 Å². The van der Waals surface area contributed by atoms with Crippen molar-refractivity contribution in [2.75, 3.05) is 32.4 Å². The minimum atomic E-state index is 0.00809. The number of hydrogen-bond donors (Lipinski definition) is 0. The molecule has 1 spiro atoms. The van der Waals surface area contributed by atoms with Gasteiger partial charge < -0.3 is 9.80 Å². The lowest BCUT2D eigenvalue weighted by Crippen LogP contribution is -2.55. The molecule has 0 saturated carbocycles. The molecule has 2 aliphatic rings. The minimum Gasteiger partial charge on any atom is -0.342 e. The first-order valence-electron chi connectivity index (χ1n) is 9.50. The summed E-state index contributed by atoms with van der Waals surface area (Å²) in [5, 5.41) is 0.675. The van der Waals surface area contributed by atoms with Crippen LogP contribution in [0.5, 0.6) is 0 Å². The highest BCUT2D eigenvalue weighted by molar-refractivity contribution is 7.98. The first kappa shape index (κ1) is 19.1. The fraction of sp³-hybridized carbons (Fsp3) is 0.684. The highest BCUT2D eigenvalue weighted by Gasteiger charge is 2.42. The van der Waals surface area contributed by atoms with E-state index in [1.807, 2.05) is 16.1 Å². The predicted octanol–water partition coefficient (Wildman–Crippen LogP) is 2.84. The molecule has 2 fully saturated rings. The number of rotatable bonds is 5. The number of carbonyl (C=O) groups is 2. The highest BCUT2D eigenvalue weighted by atomic mass is 32.2. The lowest BCUT2D eigenvalue weighted by molar-refractivity contribution is -0.139. The molecule has 2 saturated heterocycles. The molecule has 3 rings (SSSR count). The first-order chi connectivity index (χ1) is 12.6. The fourth-order valence-electron chi connectivity index (χ4n) is 4.08. The van der Waals surface area contributed by atoms with E-state index in [2.05, 4.69) is 16.9 Å². The average Bonchev–Trinajstić information content (AvgIpc) is 2.68. The Morgan fingerprint density at radius 2 is 2.04 bits per heavy atom. The number of aromatic nitrogens is 2. The van der Waals surface area contributed by atoms with Crippen LogP contribution in [0.25, 0.3) is 0 Å². The Morgan fingerprint density at radius 3 is 2.73 bits per heavy atom. The molecule has 1 aromatic rings. The molecule has 0 aliphatic carbocycles. The maximum absolute atomic E-state index is 12.9. The molecule has 3 heterocycles. The average molecular weight is 377 g/mol. The van der Waals surface area contributed by atoms with Crippen molar-refractivity contribution in [2.24, 2.45) is 5.41 Å². The van der Waals surface area contributed by atoms with Crippen LogP contribution in [0.3, 0.4) is 0 Å². The second-order valence-corrected chi connectivity index (χ2v) is 8.23. The Labute approximate surface area is 159 Å². The summed E-state index contributed by atoms with van der Waals surface area (Å²) < 4.78 is 0.